The van der Waals surface area contributed by atoms with E-state index in [9.17, 15) is 14.7 Å². The van der Waals surface area contributed by atoms with Crippen LogP contribution in [0.15, 0.2) is 42.6 Å². The van der Waals surface area contributed by atoms with Crippen LogP contribution in [0.4, 0.5) is 0 Å². The summed E-state index contributed by atoms with van der Waals surface area (Å²) in [5, 5.41) is 12.7. The van der Waals surface area contributed by atoms with Crippen molar-refractivity contribution >= 4 is 11.9 Å². The molecule has 1 saturated carbocycles. The van der Waals surface area contributed by atoms with Gasteiger partial charge in [-0.25, -0.2) is 9.78 Å². The number of nitrogens with one attached hydrogen (secondary N) is 1. The van der Waals surface area contributed by atoms with Crippen molar-refractivity contribution in [1.29, 1.82) is 0 Å². The summed E-state index contributed by atoms with van der Waals surface area (Å²) in [6, 6.07) is 9.90. The quantitative estimate of drug-likeness (QED) is 0.573. The molecule has 1 aromatic carbocycles. The molecule has 2 N–H and O–H groups in total. The number of aromatic hydroxyl groups is 1. The number of methoxy groups -OCH3 is 1. The van der Waals surface area contributed by atoms with Crippen LogP contribution in [0.25, 0.3) is 0 Å². The summed E-state index contributed by atoms with van der Waals surface area (Å²) in [7, 11) is 1.37. The van der Waals surface area contributed by atoms with Gasteiger partial charge in [-0.05, 0) is 44.7 Å². The largest absolute Gasteiger partial charge is 0.503 e. The van der Waals surface area contributed by atoms with Crippen LogP contribution in [0.5, 0.6) is 17.2 Å². The number of rotatable bonds is 9. The lowest BCUT2D eigenvalue weighted by Crippen LogP contribution is -2.45. The predicted molar refractivity (Wildman–Crippen MR) is 118 cm³/mol. The monoisotopic (exact) mass is 442 g/mol. The van der Waals surface area contributed by atoms with Gasteiger partial charge in [-0.2, -0.15) is 0 Å². The third-order valence-electron chi connectivity index (χ3n) is 5.67. The van der Waals surface area contributed by atoms with Crippen LogP contribution in [0, 0.1) is 5.92 Å². The van der Waals surface area contributed by atoms with E-state index in [0.717, 1.165) is 25.7 Å². The first kappa shape index (κ1) is 23.4. The van der Waals surface area contributed by atoms with Crippen molar-refractivity contribution in [3.05, 3.63) is 48.3 Å². The van der Waals surface area contributed by atoms with Crippen molar-refractivity contribution < 1.29 is 28.9 Å². The zero-order chi connectivity index (χ0) is 23.1. The summed E-state index contributed by atoms with van der Waals surface area (Å²) in [5.41, 5.74) is -0.225. The van der Waals surface area contributed by atoms with Crippen LogP contribution in [-0.4, -0.2) is 47.3 Å². The smallest absolute Gasteiger partial charge is 0.328 e. The lowest BCUT2D eigenvalue weighted by Gasteiger charge is -2.30. The molecule has 1 aromatic heterocycles. The van der Waals surface area contributed by atoms with Gasteiger partial charge in [0.2, 0.25) is 0 Å². The number of pyridine rings is 1. The van der Waals surface area contributed by atoms with Crippen molar-refractivity contribution in [3.63, 3.8) is 0 Å². The molecule has 1 aliphatic carbocycles. The van der Waals surface area contributed by atoms with Crippen LogP contribution < -0.4 is 14.8 Å². The summed E-state index contributed by atoms with van der Waals surface area (Å²) in [6.45, 7) is 3.43. The van der Waals surface area contributed by atoms with Gasteiger partial charge in [-0.15, -0.1) is 0 Å². The summed E-state index contributed by atoms with van der Waals surface area (Å²) in [5.74, 6) is -0.627. The molecule has 1 amide bonds. The molecule has 32 heavy (non-hydrogen) atoms. The van der Waals surface area contributed by atoms with E-state index in [1.54, 1.807) is 0 Å². The summed E-state index contributed by atoms with van der Waals surface area (Å²) < 4.78 is 16.9. The molecule has 3 rings (SSSR count). The highest BCUT2D eigenvalue weighted by Gasteiger charge is 2.35. The van der Waals surface area contributed by atoms with Crippen molar-refractivity contribution in [2.24, 2.45) is 5.92 Å². The molecular formula is C24H30N2O6. The molecule has 0 bridgehead atoms. The second kappa shape index (κ2) is 10.8. The van der Waals surface area contributed by atoms with Gasteiger partial charge in [-0.3, -0.25) is 4.79 Å². The third kappa shape index (κ3) is 5.69. The fraction of sp³-hybridized carbons (Fsp3) is 0.458. The Kier molecular flexibility index (Phi) is 7.92. The Morgan fingerprint density at radius 2 is 1.81 bits per heavy atom. The molecule has 8 heteroatoms. The van der Waals surface area contributed by atoms with E-state index in [1.807, 2.05) is 37.3 Å². The minimum atomic E-state index is -0.942. The zero-order valence-corrected chi connectivity index (χ0v) is 18.6. The molecule has 172 valence electrons. The molecule has 3 atom stereocenters. The number of benzene rings is 1. The fourth-order valence-electron chi connectivity index (χ4n) is 3.97. The van der Waals surface area contributed by atoms with Gasteiger partial charge in [0.05, 0.1) is 7.11 Å². The van der Waals surface area contributed by atoms with Gasteiger partial charge in [0.1, 0.15) is 24.0 Å². The fourth-order valence-corrected chi connectivity index (χ4v) is 3.97. The molecule has 1 unspecified atom stereocenters. The van der Waals surface area contributed by atoms with Crippen molar-refractivity contribution in [2.45, 2.75) is 57.8 Å². The Balaban J connectivity index is 1.66. The Bertz CT molecular complexity index is 914. The van der Waals surface area contributed by atoms with Gasteiger partial charge >= 0.3 is 5.97 Å². The second-order valence-corrected chi connectivity index (χ2v) is 7.99. The first-order valence-electron chi connectivity index (χ1n) is 10.9. The number of amides is 1. The lowest BCUT2D eigenvalue weighted by atomic mass is 9.96. The molecule has 1 aliphatic rings. The zero-order valence-electron chi connectivity index (χ0n) is 18.6. The molecule has 1 fully saturated rings. The van der Waals surface area contributed by atoms with Crippen molar-refractivity contribution in [1.82, 2.24) is 10.3 Å². The molecule has 8 nitrogen and oxygen atoms in total. The van der Waals surface area contributed by atoms with Crippen LogP contribution >= 0.6 is 0 Å². The minimum Gasteiger partial charge on any atom is -0.503 e. The molecule has 1 heterocycles. The number of nitrogens with zero attached hydrogens (tertiary/aromatic N) is 1. The Labute approximate surface area is 187 Å². The normalized spacial score (nSPS) is 16.6. The minimum absolute atomic E-state index is 0.119. The molecular weight excluding hydrogens is 412 g/mol. The number of ether oxygens (including phenoxy) is 3. The third-order valence-corrected chi connectivity index (χ3v) is 5.67. The Morgan fingerprint density at radius 3 is 2.47 bits per heavy atom. The van der Waals surface area contributed by atoms with Gasteiger partial charge < -0.3 is 24.6 Å². The maximum absolute atomic E-state index is 12.8. The number of esters is 1. The average molecular weight is 443 g/mol. The van der Waals surface area contributed by atoms with Gasteiger partial charge in [-0.1, -0.05) is 31.0 Å². The van der Waals surface area contributed by atoms with E-state index in [1.165, 1.54) is 26.3 Å². The topological polar surface area (TPSA) is 107 Å². The second-order valence-electron chi connectivity index (χ2n) is 7.99. The van der Waals surface area contributed by atoms with E-state index >= 15 is 0 Å². The maximum atomic E-state index is 12.8. The first-order valence-corrected chi connectivity index (χ1v) is 10.9. The average Bonchev–Trinajstić information content (AvgIpc) is 3.32. The van der Waals surface area contributed by atoms with E-state index in [2.05, 4.69) is 10.3 Å². The Hall–Kier alpha value is -3.29. The van der Waals surface area contributed by atoms with Crippen LogP contribution in [0.3, 0.4) is 0 Å². The summed E-state index contributed by atoms with van der Waals surface area (Å²) >= 11 is 0. The number of carbonyl (C=O) groups excluding carboxylic acids is 2. The van der Waals surface area contributed by atoms with E-state index in [0.29, 0.717) is 5.75 Å². The molecule has 0 radical (unpaired) electrons. The van der Waals surface area contributed by atoms with Gasteiger partial charge in [0.15, 0.2) is 17.2 Å². The molecule has 0 saturated heterocycles. The maximum Gasteiger partial charge on any atom is 0.328 e. The number of aromatic nitrogens is 1. The Morgan fingerprint density at radius 1 is 1.12 bits per heavy atom. The lowest BCUT2D eigenvalue weighted by molar-refractivity contribution is -0.159. The predicted octanol–water partition coefficient (Wildman–Crippen LogP) is 3.48. The van der Waals surface area contributed by atoms with Crippen LogP contribution in [-0.2, 0) is 9.53 Å². The number of hydrogen-bond donors (Lipinski definition) is 2. The van der Waals surface area contributed by atoms with Gasteiger partial charge in [0.25, 0.3) is 5.91 Å². The molecule has 2 aromatic rings. The number of hydrogen-bond acceptors (Lipinski definition) is 7. The standard InChI is InChI=1S/C24H30N2O6/c1-15(26-23(28)20-21(27)19(30-3)13-14-25-20)24(29)32-22(17-9-7-8-10-17)16(2)31-18-11-5-4-6-12-18/h4-6,11-17,22,27H,7-10H2,1-3H3,(H,26,28)/t15-,16-,22?/m0/s1. The first-order chi connectivity index (χ1) is 15.4. The highest BCUT2D eigenvalue weighted by atomic mass is 16.6. The van der Waals surface area contributed by atoms with E-state index in [-0.39, 0.29) is 29.2 Å². The van der Waals surface area contributed by atoms with Crippen LogP contribution in [0.1, 0.15) is 50.0 Å². The van der Waals surface area contributed by atoms with Gasteiger partial charge in [0, 0.05) is 12.3 Å². The number of carbonyl (C=O) groups is 2. The molecule has 0 aliphatic heterocycles. The van der Waals surface area contributed by atoms with E-state index in [4.69, 9.17) is 14.2 Å². The highest BCUT2D eigenvalue weighted by molar-refractivity contribution is 5.97. The summed E-state index contributed by atoms with van der Waals surface area (Å²) in [6.07, 6.45) is 4.65. The SMILES string of the molecule is COc1ccnc(C(=O)N[C@@H](C)C(=O)OC(C2CCCC2)[C@H](C)Oc2ccccc2)c1O. The summed E-state index contributed by atoms with van der Waals surface area (Å²) in [4.78, 5) is 29.3. The van der Waals surface area contributed by atoms with E-state index < -0.39 is 24.0 Å². The van der Waals surface area contributed by atoms with Crippen molar-refractivity contribution in [3.8, 4) is 17.2 Å². The highest BCUT2D eigenvalue weighted by Crippen LogP contribution is 2.32. The molecule has 0 spiro atoms. The van der Waals surface area contributed by atoms with Crippen molar-refractivity contribution in [2.75, 3.05) is 7.11 Å². The van der Waals surface area contributed by atoms with Crippen LogP contribution in [0.2, 0.25) is 0 Å². The number of para-hydroxylation sites is 1.